The molecule has 0 amide bonds. The molecule has 0 aliphatic carbocycles. The van der Waals surface area contributed by atoms with Gasteiger partial charge in [0.05, 0.1) is 12.6 Å². The van der Waals surface area contributed by atoms with Gasteiger partial charge in [-0.25, -0.2) is 0 Å². The van der Waals surface area contributed by atoms with Crippen LogP contribution in [0.2, 0.25) is 0 Å². The summed E-state index contributed by atoms with van der Waals surface area (Å²) in [5, 5.41) is 0. The molecule has 1 aliphatic rings. The fourth-order valence-corrected chi connectivity index (χ4v) is 1.70. The van der Waals surface area contributed by atoms with Gasteiger partial charge in [-0.1, -0.05) is 0 Å². The maximum Gasteiger partial charge on any atom is 0.172 e. The third kappa shape index (κ3) is 2.91. The van der Waals surface area contributed by atoms with Crippen molar-refractivity contribution in [2.45, 2.75) is 25.2 Å². The molecule has 0 aromatic carbocycles. The molecule has 2 atom stereocenters. The van der Waals surface area contributed by atoms with Crippen molar-refractivity contribution in [3.05, 3.63) is 0 Å². The summed E-state index contributed by atoms with van der Waals surface area (Å²) in [5.41, 5.74) is 5.98. The second kappa shape index (κ2) is 5.54. The van der Waals surface area contributed by atoms with Crippen molar-refractivity contribution < 1.29 is 14.2 Å². The number of ether oxygens (including phenoxy) is 3. The molecule has 0 aromatic heterocycles. The van der Waals surface area contributed by atoms with Crippen LogP contribution >= 0.6 is 0 Å². The summed E-state index contributed by atoms with van der Waals surface area (Å²) in [5.74, 6) is 0.360. The molecular weight excluding hydrogens is 170 g/mol. The molecule has 78 valence electrons. The summed E-state index contributed by atoms with van der Waals surface area (Å²) in [6.07, 6.45) is 1.87. The van der Waals surface area contributed by atoms with Gasteiger partial charge in [0.2, 0.25) is 0 Å². The zero-order valence-electron chi connectivity index (χ0n) is 8.36. The first-order valence-electron chi connectivity index (χ1n) is 4.68. The molecular formula is C9H19NO3. The van der Waals surface area contributed by atoms with Crippen molar-refractivity contribution in [2.75, 3.05) is 27.4 Å². The lowest BCUT2D eigenvalue weighted by molar-refractivity contribution is -0.134. The van der Waals surface area contributed by atoms with Crippen molar-refractivity contribution in [1.82, 2.24) is 0 Å². The predicted molar refractivity (Wildman–Crippen MR) is 49.3 cm³/mol. The smallest absolute Gasteiger partial charge is 0.172 e. The fraction of sp³-hybridized carbons (Fsp3) is 1.00. The molecule has 0 bridgehead atoms. The predicted octanol–water partition coefficient (Wildman–Crippen LogP) is 0.359. The van der Waals surface area contributed by atoms with Gasteiger partial charge in [0.15, 0.2) is 6.29 Å². The topological polar surface area (TPSA) is 53.7 Å². The summed E-state index contributed by atoms with van der Waals surface area (Å²) >= 11 is 0. The monoisotopic (exact) mass is 189 g/mol. The minimum Gasteiger partial charge on any atom is -0.381 e. The normalized spacial score (nSPS) is 26.3. The summed E-state index contributed by atoms with van der Waals surface area (Å²) in [6.45, 7) is 1.58. The van der Waals surface area contributed by atoms with E-state index in [1.807, 2.05) is 0 Å². The number of hydrogen-bond acceptors (Lipinski definition) is 4. The molecule has 13 heavy (non-hydrogen) atoms. The van der Waals surface area contributed by atoms with Crippen LogP contribution in [0.3, 0.4) is 0 Å². The molecule has 1 rings (SSSR count). The van der Waals surface area contributed by atoms with Gasteiger partial charge >= 0.3 is 0 Å². The molecule has 2 N–H and O–H groups in total. The molecule has 0 spiro atoms. The zero-order valence-corrected chi connectivity index (χ0v) is 8.36. The molecule has 2 unspecified atom stereocenters. The molecule has 1 fully saturated rings. The van der Waals surface area contributed by atoms with Crippen LogP contribution in [-0.2, 0) is 14.2 Å². The summed E-state index contributed by atoms with van der Waals surface area (Å²) in [4.78, 5) is 0. The third-order valence-electron chi connectivity index (χ3n) is 2.52. The highest BCUT2D eigenvalue weighted by Gasteiger charge is 2.27. The van der Waals surface area contributed by atoms with Crippen molar-refractivity contribution in [2.24, 2.45) is 11.7 Å². The van der Waals surface area contributed by atoms with Gasteiger partial charge in [-0.3, -0.25) is 0 Å². The Morgan fingerprint density at radius 1 is 1.38 bits per heavy atom. The van der Waals surface area contributed by atoms with Crippen LogP contribution in [0.5, 0.6) is 0 Å². The maximum atomic E-state index is 5.98. The van der Waals surface area contributed by atoms with Crippen LogP contribution in [0, 0.1) is 5.92 Å². The molecule has 0 radical (unpaired) electrons. The van der Waals surface area contributed by atoms with E-state index in [1.54, 1.807) is 14.2 Å². The van der Waals surface area contributed by atoms with Gasteiger partial charge in [-0.05, 0) is 12.8 Å². The second-order valence-corrected chi connectivity index (χ2v) is 3.39. The lowest BCUT2D eigenvalue weighted by Crippen LogP contribution is -2.46. The van der Waals surface area contributed by atoms with Crippen LogP contribution in [0.25, 0.3) is 0 Å². The molecule has 4 heteroatoms. The van der Waals surface area contributed by atoms with Gasteiger partial charge in [0.1, 0.15) is 0 Å². The van der Waals surface area contributed by atoms with E-state index in [0.29, 0.717) is 5.92 Å². The number of hydrogen-bond donors (Lipinski definition) is 1. The summed E-state index contributed by atoms with van der Waals surface area (Å²) < 4.78 is 15.6. The van der Waals surface area contributed by atoms with Crippen LogP contribution in [0.4, 0.5) is 0 Å². The van der Waals surface area contributed by atoms with Gasteiger partial charge < -0.3 is 19.9 Å². The van der Waals surface area contributed by atoms with Gasteiger partial charge in [0, 0.05) is 26.7 Å². The van der Waals surface area contributed by atoms with Crippen LogP contribution in [0.1, 0.15) is 12.8 Å². The Hall–Kier alpha value is -0.160. The van der Waals surface area contributed by atoms with Crippen molar-refractivity contribution >= 4 is 0 Å². The van der Waals surface area contributed by atoms with Crippen LogP contribution in [0.15, 0.2) is 0 Å². The Morgan fingerprint density at radius 2 is 2.08 bits per heavy atom. The van der Waals surface area contributed by atoms with E-state index in [9.17, 15) is 0 Å². The highest BCUT2D eigenvalue weighted by atomic mass is 16.7. The highest BCUT2D eigenvalue weighted by Crippen LogP contribution is 2.19. The number of nitrogens with two attached hydrogens (primary N) is 1. The Bertz CT molecular complexity index is 133. The van der Waals surface area contributed by atoms with E-state index >= 15 is 0 Å². The molecule has 1 heterocycles. The Balaban J connectivity index is 2.38. The van der Waals surface area contributed by atoms with E-state index in [4.69, 9.17) is 19.9 Å². The fourth-order valence-electron chi connectivity index (χ4n) is 1.70. The number of rotatable bonds is 4. The third-order valence-corrected chi connectivity index (χ3v) is 2.52. The average molecular weight is 189 g/mol. The van der Waals surface area contributed by atoms with Gasteiger partial charge in [-0.15, -0.1) is 0 Å². The quantitative estimate of drug-likeness (QED) is 0.649. The van der Waals surface area contributed by atoms with Gasteiger partial charge in [-0.2, -0.15) is 0 Å². The first-order chi connectivity index (χ1) is 6.29. The Labute approximate surface area is 79.3 Å². The molecule has 1 saturated heterocycles. The van der Waals surface area contributed by atoms with Crippen molar-refractivity contribution in [1.29, 1.82) is 0 Å². The second-order valence-electron chi connectivity index (χ2n) is 3.39. The SMILES string of the molecule is COC(OC)C(N)C1CCCOC1. The average Bonchev–Trinajstić information content (AvgIpc) is 2.21. The zero-order chi connectivity index (χ0) is 9.68. The summed E-state index contributed by atoms with van der Waals surface area (Å²) in [7, 11) is 3.22. The summed E-state index contributed by atoms with van der Waals surface area (Å²) in [6, 6.07) is -0.0877. The first-order valence-corrected chi connectivity index (χ1v) is 4.68. The van der Waals surface area contributed by atoms with E-state index in [0.717, 1.165) is 26.1 Å². The Morgan fingerprint density at radius 3 is 2.54 bits per heavy atom. The Kier molecular flexibility index (Phi) is 4.66. The minimum absolute atomic E-state index is 0.0877. The first kappa shape index (κ1) is 10.9. The number of methoxy groups -OCH3 is 2. The highest BCUT2D eigenvalue weighted by molar-refractivity contribution is 4.77. The molecule has 0 aromatic rings. The lowest BCUT2D eigenvalue weighted by Gasteiger charge is -2.31. The maximum absolute atomic E-state index is 5.98. The molecule has 4 nitrogen and oxygen atoms in total. The molecule has 1 aliphatic heterocycles. The van der Waals surface area contributed by atoms with E-state index < -0.39 is 0 Å². The van der Waals surface area contributed by atoms with E-state index in [-0.39, 0.29) is 12.3 Å². The van der Waals surface area contributed by atoms with E-state index in [1.165, 1.54) is 0 Å². The minimum atomic E-state index is -0.313. The largest absolute Gasteiger partial charge is 0.381 e. The van der Waals surface area contributed by atoms with Crippen molar-refractivity contribution in [3.63, 3.8) is 0 Å². The molecule has 0 saturated carbocycles. The standard InChI is InChI=1S/C9H19NO3/c1-11-9(12-2)8(10)7-4-3-5-13-6-7/h7-9H,3-6,10H2,1-2H3. The van der Waals surface area contributed by atoms with Crippen molar-refractivity contribution in [3.8, 4) is 0 Å². The van der Waals surface area contributed by atoms with Crippen LogP contribution in [-0.4, -0.2) is 39.8 Å². The lowest BCUT2D eigenvalue weighted by atomic mass is 9.94. The van der Waals surface area contributed by atoms with Crippen LogP contribution < -0.4 is 5.73 Å². The van der Waals surface area contributed by atoms with E-state index in [2.05, 4.69) is 0 Å². The van der Waals surface area contributed by atoms with Gasteiger partial charge in [0.25, 0.3) is 0 Å².